The molecule has 1 aliphatic rings. The van der Waals surface area contributed by atoms with Gasteiger partial charge in [0.05, 0.1) is 16.3 Å². The van der Waals surface area contributed by atoms with Gasteiger partial charge in [-0.2, -0.15) is 0 Å². The standard InChI is InChI=1S/C14H14N2O4S/c1-15(10-5-3-4-9(6-10)14(19)20)11(17)7-13-16(2)12(18)8-21-13/h3-7H,8H2,1-2H3,(H,19,20)/b13-7-. The number of carbonyl (C=O) groups excluding carboxylic acids is 2. The van der Waals surface area contributed by atoms with E-state index in [0.29, 0.717) is 16.5 Å². The van der Waals surface area contributed by atoms with E-state index in [4.69, 9.17) is 5.11 Å². The third kappa shape index (κ3) is 3.25. The van der Waals surface area contributed by atoms with Crippen LogP contribution in [0, 0.1) is 0 Å². The van der Waals surface area contributed by atoms with Gasteiger partial charge in [-0.25, -0.2) is 4.79 Å². The second kappa shape index (κ2) is 6.01. The van der Waals surface area contributed by atoms with Crippen LogP contribution >= 0.6 is 11.8 Å². The highest BCUT2D eigenvalue weighted by atomic mass is 32.2. The fourth-order valence-corrected chi connectivity index (χ4v) is 2.71. The molecule has 0 bridgehead atoms. The molecule has 0 aliphatic carbocycles. The summed E-state index contributed by atoms with van der Waals surface area (Å²) in [5.41, 5.74) is 0.594. The molecule has 0 spiro atoms. The predicted octanol–water partition coefficient (Wildman–Crippen LogP) is 1.39. The molecule has 0 saturated carbocycles. The lowest BCUT2D eigenvalue weighted by atomic mass is 10.2. The Morgan fingerprint density at radius 1 is 1.43 bits per heavy atom. The van der Waals surface area contributed by atoms with Gasteiger partial charge in [0.1, 0.15) is 0 Å². The molecular weight excluding hydrogens is 292 g/mol. The van der Waals surface area contributed by atoms with E-state index < -0.39 is 5.97 Å². The molecule has 7 heteroatoms. The van der Waals surface area contributed by atoms with Crippen LogP contribution in [0.2, 0.25) is 0 Å². The van der Waals surface area contributed by atoms with E-state index in [1.54, 1.807) is 26.2 Å². The average molecular weight is 306 g/mol. The van der Waals surface area contributed by atoms with Crippen LogP contribution in [0.15, 0.2) is 35.4 Å². The number of rotatable bonds is 3. The summed E-state index contributed by atoms with van der Waals surface area (Å²) in [6.45, 7) is 0. The van der Waals surface area contributed by atoms with Gasteiger partial charge in [0.2, 0.25) is 5.91 Å². The number of hydrogen-bond donors (Lipinski definition) is 1. The Labute approximate surface area is 126 Å². The van der Waals surface area contributed by atoms with E-state index in [-0.39, 0.29) is 17.4 Å². The number of thioether (sulfide) groups is 1. The zero-order chi connectivity index (χ0) is 15.6. The van der Waals surface area contributed by atoms with Gasteiger partial charge in [0.25, 0.3) is 5.91 Å². The zero-order valence-electron chi connectivity index (χ0n) is 11.6. The molecule has 0 unspecified atom stereocenters. The van der Waals surface area contributed by atoms with Crippen LogP contribution in [0.4, 0.5) is 5.69 Å². The predicted molar refractivity (Wildman–Crippen MR) is 80.1 cm³/mol. The number of carbonyl (C=O) groups is 3. The Kier molecular flexibility index (Phi) is 4.32. The fourth-order valence-electron chi connectivity index (χ4n) is 1.77. The molecule has 1 aromatic carbocycles. The first-order valence-electron chi connectivity index (χ1n) is 6.12. The summed E-state index contributed by atoms with van der Waals surface area (Å²) in [5, 5.41) is 9.55. The van der Waals surface area contributed by atoms with Crippen LogP contribution in [0.5, 0.6) is 0 Å². The molecule has 1 aromatic rings. The molecule has 21 heavy (non-hydrogen) atoms. The Morgan fingerprint density at radius 3 is 2.71 bits per heavy atom. The second-order valence-electron chi connectivity index (χ2n) is 4.48. The number of aromatic carboxylic acids is 1. The summed E-state index contributed by atoms with van der Waals surface area (Å²) < 4.78 is 0. The molecule has 0 atom stereocenters. The average Bonchev–Trinajstić information content (AvgIpc) is 2.78. The van der Waals surface area contributed by atoms with Crippen LogP contribution in [0.1, 0.15) is 10.4 Å². The van der Waals surface area contributed by atoms with E-state index in [2.05, 4.69) is 0 Å². The molecule has 1 heterocycles. The summed E-state index contributed by atoms with van der Waals surface area (Å²) in [7, 11) is 3.17. The van der Waals surface area contributed by atoms with Crippen molar-refractivity contribution in [3.8, 4) is 0 Å². The van der Waals surface area contributed by atoms with Crippen molar-refractivity contribution in [3.63, 3.8) is 0 Å². The zero-order valence-corrected chi connectivity index (χ0v) is 12.4. The van der Waals surface area contributed by atoms with E-state index >= 15 is 0 Å². The van der Waals surface area contributed by atoms with Crippen molar-refractivity contribution in [2.75, 3.05) is 24.7 Å². The minimum absolute atomic E-state index is 0.0467. The number of benzene rings is 1. The second-order valence-corrected chi connectivity index (χ2v) is 5.47. The number of carboxylic acids is 1. The van der Waals surface area contributed by atoms with E-state index in [1.807, 2.05) is 0 Å². The number of likely N-dealkylation sites (N-methyl/N-ethyl adjacent to an activating group) is 1. The van der Waals surface area contributed by atoms with Crippen molar-refractivity contribution in [1.82, 2.24) is 4.90 Å². The number of anilines is 1. The first kappa shape index (κ1) is 15.1. The maximum Gasteiger partial charge on any atom is 0.335 e. The third-order valence-corrected chi connectivity index (χ3v) is 4.18. The van der Waals surface area contributed by atoms with Gasteiger partial charge in [0.15, 0.2) is 0 Å². The van der Waals surface area contributed by atoms with Crippen molar-refractivity contribution in [2.24, 2.45) is 0 Å². The first-order chi connectivity index (χ1) is 9.90. The van der Waals surface area contributed by atoms with Crippen LogP contribution in [0.25, 0.3) is 0 Å². The van der Waals surface area contributed by atoms with Crippen molar-refractivity contribution in [2.45, 2.75) is 0 Å². The number of hydrogen-bond acceptors (Lipinski definition) is 4. The third-order valence-electron chi connectivity index (χ3n) is 3.11. The van der Waals surface area contributed by atoms with Crippen molar-refractivity contribution in [1.29, 1.82) is 0 Å². The Balaban J connectivity index is 2.20. The van der Waals surface area contributed by atoms with Crippen LogP contribution in [0.3, 0.4) is 0 Å². The molecule has 0 aromatic heterocycles. The van der Waals surface area contributed by atoms with Crippen LogP contribution in [-0.4, -0.2) is 47.6 Å². The molecule has 6 nitrogen and oxygen atoms in total. The van der Waals surface area contributed by atoms with Crippen LogP contribution in [-0.2, 0) is 9.59 Å². The van der Waals surface area contributed by atoms with Gasteiger partial charge >= 0.3 is 5.97 Å². The molecule has 110 valence electrons. The first-order valence-corrected chi connectivity index (χ1v) is 7.11. The molecule has 1 saturated heterocycles. The van der Waals surface area contributed by atoms with Crippen molar-refractivity contribution in [3.05, 3.63) is 40.9 Å². The molecule has 0 radical (unpaired) electrons. The van der Waals surface area contributed by atoms with Gasteiger partial charge in [-0.05, 0) is 18.2 Å². The van der Waals surface area contributed by atoms with Crippen molar-refractivity contribution < 1.29 is 19.5 Å². The lowest BCUT2D eigenvalue weighted by Crippen LogP contribution is -2.26. The SMILES string of the molecule is CN1C(=O)CS/C1=C\C(=O)N(C)c1cccc(C(=O)O)c1. The molecule has 2 rings (SSSR count). The van der Waals surface area contributed by atoms with Crippen molar-refractivity contribution >= 4 is 35.2 Å². The highest BCUT2D eigenvalue weighted by Gasteiger charge is 2.24. The molecule has 1 fully saturated rings. The van der Waals surface area contributed by atoms with Gasteiger partial charge in [-0.1, -0.05) is 17.8 Å². The van der Waals surface area contributed by atoms with Gasteiger partial charge in [-0.3, -0.25) is 9.59 Å². The van der Waals surface area contributed by atoms with E-state index in [0.717, 1.165) is 0 Å². The number of nitrogens with zero attached hydrogens (tertiary/aromatic N) is 2. The monoisotopic (exact) mass is 306 g/mol. The van der Waals surface area contributed by atoms with Gasteiger partial charge < -0.3 is 14.9 Å². The lowest BCUT2D eigenvalue weighted by molar-refractivity contribution is -0.124. The minimum atomic E-state index is -1.05. The largest absolute Gasteiger partial charge is 0.478 e. The van der Waals surface area contributed by atoms with E-state index in [9.17, 15) is 14.4 Å². The fraction of sp³-hybridized carbons (Fsp3) is 0.214. The van der Waals surface area contributed by atoms with Gasteiger partial charge in [0, 0.05) is 25.9 Å². The topological polar surface area (TPSA) is 77.9 Å². The lowest BCUT2D eigenvalue weighted by Gasteiger charge is -2.17. The summed E-state index contributed by atoms with van der Waals surface area (Å²) in [4.78, 5) is 37.3. The van der Waals surface area contributed by atoms with E-state index in [1.165, 1.54) is 39.8 Å². The summed E-state index contributed by atoms with van der Waals surface area (Å²) >= 11 is 1.30. The highest BCUT2D eigenvalue weighted by molar-refractivity contribution is 8.04. The summed E-state index contributed by atoms with van der Waals surface area (Å²) in [6.07, 6.45) is 1.38. The summed E-state index contributed by atoms with van der Waals surface area (Å²) in [5.74, 6) is -1.09. The minimum Gasteiger partial charge on any atom is -0.478 e. The number of carboxylic acid groups (broad SMARTS) is 1. The molecule has 1 aliphatic heterocycles. The van der Waals surface area contributed by atoms with Crippen LogP contribution < -0.4 is 4.90 Å². The molecule has 2 amide bonds. The molecular formula is C14H14N2O4S. The highest BCUT2D eigenvalue weighted by Crippen LogP contribution is 2.27. The Bertz CT molecular complexity index is 642. The maximum atomic E-state index is 12.2. The Hall–Kier alpha value is -2.28. The summed E-state index contributed by atoms with van der Waals surface area (Å²) in [6, 6.07) is 6.12. The maximum absolute atomic E-state index is 12.2. The normalized spacial score (nSPS) is 16.4. The quantitative estimate of drug-likeness (QED) is 0.854. The smallest absolute Gasteiger partial charge is 0.335 e. The van der Waals surface area contributed by atoms with Gasteiger partial charge in [-0.15, -0.1) is 0 Å². The Morgan fingerprint density at radius 2 is 2.14 bits per heavy atom. The number of amides is 2. The molecule has 1 N–H and O–H groups in total.